The largest absolute Gasteiger partial charge is 0.311 e. The van der Waals surface area contributed by atoms with Gasteiger partial charge in [0.05, 0.1) is 5.69 Å². The fraction of sp³-hybridized carbons (Fsp3) is 0.769. The smallest absolute Gasteiger partial charge is 0.107 e. The first kappa shape index (κ1) is 12.1. The highest BCUT2D eigenvalue weighted by Crippen LogP contribution is 2.33. The van der Waals surface area contributed by atoms with Crippen LogP contribution in [0.3, 0.4) is 0 Å². The van der Waals surface area contributed by atoms with Crippen LogP contribution in [0.1, 0.15) is 42.8 Å². The topological polar surface area (TPSA) is 24.9 Å². The van der Waals surface area contributed by atoms with Gasteiger partial charge in [-0.25, -0.2) is 4.98 Å². The van der Waals surface area contributed by atoms with E-state index in [-0.39, 0.29) is 0 Å². The maximum atomic E-state index is 4.74. The number of aromatic nitrogens is 1. The van der Waals surface area contributed by atoms with Crippen molar-refractivity contribution < 1.29 is 0 Å². The van der Waals surface area contributed by atoms with Crippen LogP contribution in [0.5, 0.6) is 0 Å². The Morgan fingerprint density at radius 1 is 1.50 bits per heavy atom. The molecule has 90 valence electrons. The highest BCUT2D eigenvalue weighted by atomic mass is 32.1. The predicted molar refractivity (Wildman–Crippen MR) is 69.8 cm³/mol. The van der Waals surface area contributed by atoms with Crippen LogP contribution >= 0.6 is 11.3 Å². The molecule has 0 saturated carbocycles. The molecule has 0 aromatic carbocycles. The van der Waals surface area contributed by atoms with Gasteiger partial charge in [0.2, 0.25) is 0 Å². The van der Waals surface area contributed by atoms with E-state index in [1.165, 1.54) is 30.0 Å². The molecule has 0 radical (unpaired) electrons. The van der Waals surface area contributed by atoms with Gasteiger partial charge in [-0.2, -0.15) is 0 Å². The molecule has 1 atom stereocenters. The maximum absolute atomic E-state index is 4.74. The fourth-order valence-corrected chi connectivity index (χ4v) is 3.51. The van der Waals surface area contributed by atoms with Gasteiger partial charge in [-0.3, -0.25) is 0 Å². The van der Waals surface area contributed by atoms with Crippen molar-refractivity contribution in [1.82, 2.24) is 10.3 Å². The number of hydrogen-bond donors (Lipinski definition) is 1. The zero-order chi connectivity index (χ0) is 11.5. The average Bonchev–Trinajstić information content (AvgIpc) is 2.67. The van der Waals surface area contributed by atoms with Crippen LogP contribution in [0.2, 0.25) is 0 Å². The molecular weight excluding hydrogens is 216 g/mol. The Hall–Kier alpha value is -0.410. The number of thiazole rings is 1. The molecule has 1 aromatic rings. The molecule has 0 amide bonds. The first-order chi connectivity index (χ1) is 7.70. The van der Waals surface area contributed by atoms with Crippen molar-refractivity contribution in [3.05, 3.63) is 15.6 Å². The van der Waals surface area contributed by atoms with Gasteiger partial charge in [-0.15, -0.1) is 11.3 Å². The van der Waals surface area contributed by atoms with Crippen molar-refractivity contribution in [3.63, 3.8) is 0 Å². The third kappa shape index (κ3) is 2.64. The molecule has 2 nitrogen and oxygen atoms in total. The number of fused-ring (bicyclic) bond motifs is 1. The number of nitrogens with one attached hydrogen (secondary N) is 1. The Balaban J connectivity index is 2.04. The molecule has 1 aromatic heterocycles. The van der Waals surface area contributed by atoms with E-state index >= 15 is 0 Å². The number of rotatable bonds is 4. The monoisotopic (exact) mass is 238 g/mol. The minimum Gasteiger partial charge on any atom is -0.311 e. The zero-order valence-corrected chi connectivity index (χ0v) is 11.4. The van der Waals surface area contributed by atoms with Gasteiger partial charge in [0.25, 0.3) is 0 Å². The molecule has 0 saturated heterocycles. The number of hydrogen-bond acceptors (Lipinski definition) is 3. The van der Waals surface area contributed by atoms with Crippen molar-refractivity contribution in [3.8, 4) is 0 Å². The van der Waals surface area contributed by atoms with Crippen LogP contribution in [-0.2, 0) is 19.4 Å². The molecule has 2 rings (SSSR count). The van der Waals surface area contributed by atoms with E-state index in [2.05, 4.69) is 26.1 Å². The van der Waals surface area contributed by atoms with Crippen molar-refractivity contribution in [2.45, 2.75) is 46.6 Å². The SMILES string of the molecule is CCNCc1nc2c(s1)CC(C(C)C)CC2. The van der Waals surface area contributed by atoms with Gasteiger partial charge in [0, 0.05) is 11.4 Å². The first-order valence-corrected chi connectivity index (χ1v) is 7.20. The van der Waals surface area contributed by atoms with E-state index in [0.717, 1.165) is 24.9 Å². The van der Waals surface area contributed by atoms with Crippen LogP contribution in [0.25, 0.3) is 0 Å². The Morgan fingerprint density at radius 2 is 2.31 bits per heavy atom. The van der Waals surface area contributed by atoms with Gasteiger partial charge >= 0.3 is 0 Å². The summed E-state index contributed by atoms with van der Waals surface area (Å²) in [6, 6.07) is 0. The molecule has 0 spiro atoms. The molecule has 1 unspecified atom stereocenters. The Morgan fingerprint density at radius 3 is 3.00 bits per heavy atom. The molecule has 16 heavy (non-hydrogen) atoms. The predicted octanol–water partition coefficient (Wildman–Crippen LogP) is 3.01. The minimum absolute atomic E-state index is 0.812. The standard InChI is InChI=1S/C13H22N2S/c1-4-14-8-13-15-11-6-5-10(9(2)3)7-12(11)16-13/h9-10,14H,4-8H2,1-3H3. The highest BCUT2D eigenvalue weighted by molar-refractivity contribution is 7.11. The highest BCUT2D eigenvalue weighted by Gasteiger charge is 2.24. The van der Waals surface area contributed by atoms with Gasteiger partial charge < -0.3 is 5.32 Å². The molecule has 1 heterocycles. The van der Waals surface area contributed by atoms with Crippen molar-refractivity contribution >= 4 is 11.3 Å². The van der Waals surface area contributed by atoms with Gasteiger partial charge in [0.15, 0.2) is 0 Å². The maximum Gasteiger partial charge on any atom is 0.107 e. The lowest BCUT2D eigenvalue weighted by molar-refractivity contribution is 0.344. The normalized spacial score (nSPS) is 20.1. The minimum atomic E-state index is 0.812. The van der Waals surface area contributed by atoms with Gasteiger partial charge in [-0.1, -0.05) is 20.8 Å². The van der Waals surface area contributed by atoms with Crippen LogP contribution in [0, 0.1) is 11.8 Å². The summed E-state index contributed by atoms with van der Waals surface area (Å²) >= 11 is 1.92. The summed E-state index contributed by atoms with van der Waals surface area (Å²) in [5, 5.41) is 4.63. The second kappa shape index (κ2) is 5.28. The summed E-state index contributed by atoms with van der Waals surface area (Å²) in [6.45, 7) is 8.80. The Kier molecular flexibility index (Phi) is 3.98. The third-order valence-corrected chi connectivity index (χ3v) is 4.61. The van der Waals surface area contributed by atoms with E-state index in [1.54, 1.807) is 4.88 Å². The molecule has 3 heteroatoms. The van der Waals surface area contributed by atoms with Crippen molar-refractivity contribution in [1.29, 1.82) is 0 Å². The molecular formula is C13H22N2S. The summed E-state index contributed by atoms with van der Waals surface area (Å²) in [5.74, 6) is 1.69. The van der Waals surface area contributed by atoms with Crippen molar-refractivity contribution in [2.75, 3.05) is 6.54 Å². The van der Waals surface area contributed by atoms with Crippen LogP contribution in [-0.4, -0.2) is 11.5 Å². The van der Waals surface area contributed by atoms with Crippen molar-refractivity contribution in [2.24, 2.45) is 11.8 Å². The quantitative estimate of drug-likeness (QED) is 0.872. The Bertz CT molecular complexity index is 344. The van der Waals surface area contributed by atoms with Crippen LogP contribution in [0.15, 0.2) is 0 Å². The second-order valence-corrected chi connectivity index (χ2v) is 6.17. The average molecular weight is 238 g/mol. The lowest BCUT2D eigenvalue weighted by Crippen LogP contribution is -2.17. The molecule has 0 aliphatic heterocycles. The first-order valence-electron chi connectivity index (χ1n) is 6.38. The van der Waals surface area contributed by atoms with Gasteiger partial charge in [-0.05, 0) is 37.6 Å². The summed E-state index contributed by atoms with van der Waals surface area (Å²) in [5.41, 5.74) is 1.38. The third-order valence-electron chi connectivity index (χ3n) is 3.49. The van der Waals surface area contributed by atoms with Crippen LogP contribution < -0.4 is 5.32 Å². The summed E-state index contributed by atoms with van der Waals surface area (Å²) in [7, 11) is 0. The zero-order valence-electron chi connectivity index (χ0n) is 10.5. The van der Waals surface area contributed by atoms with E-state index < -0.39 is 0 Å². The molecule has 1 N–H and O–H groups in total. The van der Waals surface area contributed by atoms with E-state index in [9.17, 15) is 0 Å². The number of aryl methyl sites for hydroxylation is 1. The fourth-order valence-electron chi connectivity index (χ4n) is 2.33. The molecule has 1 aliphatic rings. The Labute approximate surface area is 102 Å². The summed E-state index contributed by atoms with van der Waals surface area (Å²) in [6.07, 6.45) is 3.78. The van der Waals surface area contributed by atoms with Crippen LogP contribution in [0.4, 0.5) is 0 Å². The summed E-state index contributed by atoms with van der Waals surface area (Å²) in [4.78, 5) is 6.29. The molecule has 0 fully saturated rings. The van der Waals surface area contributed by atoms with Gasteiger partial charge in [0.1, 0.15) is 5.01 Å². The van der Waals surface area contributed by atoms with E-state index in [4.69, 9.17) is 4.98 Å². The second-order valence-electron chi connectivity index (χ2n) is 5.00. The molecule has 0 bridgehead atoms. The summed E-state index contributed by atoms with van der Waals surface area (Å²) < 4.78 is 0. The van der Waals surface area contributed by atoms with E-state index in [1.807, 2.05) is 11.3 Å². The number of nitrogens with zero attached hydrogens (tertiary/aromatic N) is 1. The lowest BCUT2D eigenvalue weighted by atomic mass is 9.83. The lowest BCUT2D eigenvalue weighted by Gasteiger charge is -2.24. The molecule has 1 aliphatic carbocycles. The van der Waals surface area contributed by atoms with E-state index in [0.29, 0.717) is 0 Å².